The quantitative estimate of drug-likeness (QED) is 0.363. The molecule has 0 atom stereocenters. The number of rotatable bonds is 4. The number of carboxylic acid groups (broad SMARTS) is 1. The van der Waals surface area contributed by atoms with Gasteiger partial charge in [0.2, 0.25) is 0 Å². The van der Waals surface area contributed by atoms with Crippen LogP contribution in [0.2, 0.25) is 12.1 Å². The summed E-state index contributed by atoms with van der Waals surface area (Å²) in [4.78, 5) is 9.76. The third-order valence-electron chi connectivity index (χ3n) is 0.973. The van der Waals surface area contributed by atoms with Crippen LogP contribution in [-0.4, -0.2) is 27.4 Å². The van der Waals surface area contributed by atoms with Crippen LogP contribution in [0, 0.1) is 0 Å². The number of hydrogen-bond donors (Lipinski definition) is 1. The third kappa shape index (κ3) is 7.49. The average molecular weight is 148 g/mol. The van der Waals surface area contributed by atoms with Gasteiger partial charge in [-0.2, -0.15) is 0 Å². The number of ether oxygens (including phenoxy) is 1. The molecule has 0 bridgehead atoms. The molecule has 0 saturated carbocycles. The van der Waals surface area contributed by atoms with E-state index < -0.39 is 6.16 Å². The minimum Gasteiger partial charge on any atom is -0.450 e. The zero-order valence-corrected chi connectivity index (χ0v) is 7.01. The van der Waals surface area contributed by atoms with E-state index in [0.29, 0.717) is 6.61 Å². The standard InChI is InChI=1S/C5H12O3Si/c1-2-9-4-3-8-5(6)7/h2-4,9H2,1H3,(H,6,7). The van der Waals surface area contributed by atoms with Crippen LogP contribution >= 0.6 is 0 Å². The Morgan fingerprint density at radius 3 is 2.89 bits per heavy atom. The molecular weight excluding hydrogens is 136 g/mol. The molecule has 3 nitrogen and oxygen atoms in total. The van der Waals surface area contributed by atoms with Crippen LogP contribution in [0.5, 0.6) is 0 Å². The van der Waals surface area contributed by atoms with Gasteiger partial charge in [-0.15, -0.1) is 0 Å². The molecule has 0 aliphatic rings. The first-order valence-electron chi connectivity index (χ1n) is 3.13. The maximum absolute atomic E-state index is 9.76. The highest BCUT2D eigenvalue weighted by Gasteiger charge is 1.93. The third-order valence-corrected chi connectivity index (χ3v) is 2.47. The molecule has 0 unspecified atom stereocenters. The Hall–Kier alpha value is -0.513. The van der Waals surface area contributed by atoms with E-state index in [1.165, 1.54) is 6.04 Å². The maximum atomic E-state index is 9.76. The zero-order chi connectivity index (χ0) is 7.11. The van der Waals surface area contributed by atoms with Crippen LogP contribution < -0.4 is 0 Å². The molecule has 0 aromatic carbocycles. The van der Waals surface area contributed by atoms with Crippen LogP contribution in [0.15, 0.2) is 0 Å². The lowest BCUT2D eigenvalue weighted by atomic mass is 10.8. The van der Waals surface area contributed by atoms with Crippen molar-refractivity contribution >= 4 is 15.7 Å². The Balaban J connectivity index is 2.83. The Kier molecular flexibility index (Phi) is 5.30. The first kappa shape index (κ1) is 8.49. The van der Waals surface area contributed by atoms with Crippen LogP contribution in [0.4, 0.5) is 4.79 Å². The smallest absolute Gasteiger partial charge is 0.450 e. The second-order valence-electron chi connectivity index (χ2n) is 1.82. The molecule has 0 rings (SSSR count). The highest BCUT2D eigenvalue weighted by Crippen LogP contribution is 1.85. The van der Waals surface area contributed by atoms with Crippen molar-refractivity contribution in [1.29, 1.82) is 0 Å². The molecule has 0 heterocycles. The molecule has 1 N–H and O–H groups in total. The van der Waals surface area contributed by atoms with Crippen LogP contribution in [0.3, 0.4) is 0 Å². The SMILES string of the molecule is CC[SiH2]CCOC(=O)O. The average Bonchev–Trinajstić information content (AvgIpc) is 1.80. The van der Waals surface area contributed by atoms with Crippen LogP contribution in [0.25, 0.3) is 0 Å². The van der Waals surface area contributed by atoms with Crippen molar-refractivity contribution in [2.45, 2.75) is 19.0 Å². The first-order chi connectivity index (χ1) is 4.27. The van der Waals surface area contributed by atoms with Gasteiger partial charge in [-0.25, -0.2) is 4.79 Å². The molecule has 0 aromatic rings. The van der Waals surface area contributed by atoms with Crippen molar-refractivity contribution in [3.05, 3.63) is 0 Å². The van der Waals surface area contributed by atoms with Gasteiger partial charge >= 0.3 is 6.16 Å². The predicted molar refractivity (Wildman–Crippen MR) is 37.8 cm³/mol. The van der Waals surface area contributed by atoms with Crippen molar-refractivity contribution < 1.29 is 14.6 Å². The van der Waals surface area contributed by atoms with E-state index in [4.69, 9.17) is 5.11 Å². The summed E-state index contributed by atoms with van der Waals surface area (Å²) < 4.78 is 4.30. The van der Waals surface area contributed by atoms with E-state index in [0.717, 1.165) is 6.04 Å². The summed E-state index contributed by atoms with van der Waals surface area (Å²) in [7, 11) is -0.00960. The highest BCUT2D eigenvalue weighted by molar-refractivity contribution is 6.35. The second kappa shape index (κ2) is 5.62. The second-order valence-corrected chi connectivity index (χ2v) is 4.24. The fraction of sp³-hybridized carbons (Fsp3) is 0.800. The van der Waals surface area contributed by atoms with Gasteiger partial charge in [0.15, 0.2) is 0 Å². The Morgan fingerprint density at radius 2 is 2.44 bits per heavy atom. The molecule has 0 amide bonds. The molecule has 4 heteroatoms. The summed E-state index contributed by atoms with van der Waals surface area (Å²) in [5.74, 6) is 0. The molecule has 0 aromatic heterocycles. The summed E-state index contributed by atoms with van der Waals surface area (Å²) in [6.07, 6.45) is -1.15. The van der Waals surface area contributed by atoms with E-state index >= 15 is 0 Å². The molecule has 0 fully saturated rings. The van der Waals surface area contributed by atoms with E-state index in [1.54, 1.807) is 0 Å². The van der Waals surface area contributed by atoms with E-state index in [1.807, 2.05) is 0 Å². The van der Waals surface area contributed by atoms with Gasteiger partial charge in [0.1, 0.15) is 0 Å². The lowest BCUT2D eigenvalue weighted by molar-refractivity contribution is 0.0965. The van der Waals surface area contributed by atoms with Crippen molar-refractivity contribution in [1.82, 2.24) is 0 Å². The zero-order valence-electron chi connectivity index (χ0n) is 5.59. The first-order valence-corrected chi connectivity index (χ1v) is 5.13. The van der Waals surface area contributed by atoms with E-state index in [9.17, 15) is 4.79 Å². The summed E-state index contributed by atoms with van der Waals surface area (Å²) in [6, 6.07) is 2.20. The molecule has 0 aliphatic heterocycles. The lowest BCUT2D eigenvalue weighted by Crippen LogP contribution is -2.03. The van der Waals surface area contributed by atoms with E-state index in [-0.39, 0.29) is 9.52 Å². The lowest BCUT2D eigenvalue weighted by Gasteiger charge is -1.96. The van der Waals surface area contributed by atoms with Crippen LogP contribution in [-0.2, 0) is 4.74 Å². The fourth-order valence-electron chi connectivity index (χ4n) is 0.512. The largest absolute Gasteiger partial charge is 0.505 e. The molecule has 0 radical (unpaired) electrons. The van der Waals surface area contributed by atoms with E-state index in [2.05, 4.69) is 11.7 Å². The number of hydrogen-bond acceptors (Lipinski definition) is 2. The minimum atomic E-state index is -1.15. The summed E-state index contributed by atoms with van der Waals surface area (Å²) in [6.45, 7) is 2.52. The van der Waals surface area contributed by atoms with Crippen molar-refractivity contribution in [2.75, 3.05) is 6.61 Å². The Labute approximate surface area is 56.8 Å². The molecule has 0 aliphatic carbocycles. The molecule has 0 spiro atoms. The van der Waals surface area contributed by atoms with Crippen molar-refractivity contribution in [3.63, 3.8) is 0 Å². The topological polar surface area (TPSA) is 46.5 Å². The van der Waals surface area contributed by atoms with Crippen LogP contribution in [0.1, 0.15) is 6.92 Å². The van der Waals surface area contributed by atoms with Gasteiger partial charge in [0.05, 0.1) is 6.61 Å². The van der Waals surface area contributed by atoms with Gasteiger partial charge in [-0.3, -0.25) is 0 Å². The van der Waals surface area contributed by atoms with Gasteiger partial charge in [-0.05, 0) is 6.04 Å². The fourth-order valence-corrected chi connectivity index (χ4v) is 1.36. The minimum absolute atomic E-state index is 0.00960. The summed E-state index contributed by atoms with van der Waals surface area (Å²) >= 11 is 0. The van der Waals surface area contributed by atoms with Gasteiger partial charge in [-0.1, -0.05) is 13.0 Å². The predicted octanol–water partition coefficient (Wildman–Crippen LogP) is 0.706. The molecular formula is C5H12O3Si. The maximum Gasteiger partial charge on any atom is 0.505 e. The Bertz CT molecular complexity index is 84.3. The van der Waals surface area contributed by atoms with Gasteiger partial charge in [0, 0.05) is 9.52 Å². The highest BCUT2D eigenvalue weighted by atomic mass is 28.2. The molecule has 9 heavy (non-hydrogen) atoms. The van der Waals surface area contributed by atoms with Crippen molar-refractivity contribution in [3.8, 4) is 0 Å². The summed E-state index contributed by atoms with van der Waals surface area (Å²) in [5.41, 5.74) is 0. The number of carbonyl (C=O) groups is 1. The normalized spacial score (nSPS) is 10.3. The molecule has 54 valence electrons. The monoisotopic (exact) mass is 148 g/mol. The Morgan fingerprint density at radius 1 is 1.78 bits per heavy atom. The van der Waals surface area contributed by atoms with Crippen molar-refractivity contribution in [2.24, 2.45) is 0 Å². The summed E-state index contributed by atoms with van der Waals surface area (Å²) in [5, 5.41) is 8.01. The van der Waals surface area contributed by atoms with Gasteiger partial charge in [0.25, 0.3) is 0 Å². The van der Waals surface area contributed by atoms with Gasteiger partial charge < -0.3 is 9.84 Å². The molecule has 0 saturated heterocycles.